The van der Waals surface area contributed by atoms with Crippen LogP contribution in [0.15, 0.2) is 0 Å². The fourth-order valence-electron chi connectivity index (χ4n) is 9.05. The van der Waals surface area contributed by atoms with Gasteiger partial charge in [-0.15, -0.1) is 0 Å². The quantitative estimate of drug-likeness (QED) is 0.0252. The van der Waals surface area contributed by atoms with Crippen LogP contribution >= 0.6 is 0 Å². The number of unbranched alkanes of at least 4 members (excludes halogenated alkanes) is 6. The van der Waals surface area contributed by atoms with Gasteiger partial charge < -0.3 is 114 Å². The minimum Gasteiger partial charge on any atom is -0.480 e. The molecular formula is C60H114N20O15. The lowest BCUT2D eigenvalue weighted by Crippen LogP contribution is -2.59. The molecule has 0 fully saturated rings. The second kappa shape index (κ2) is 48.9. The van der Waals surface area contributed by atoms with E-state index in [0.717, 1.165) is 0 Å². The minimum atomic E-state index is -1.32. The van der Waals surface area contributed by atoms with Gasteiger partial charge in [0.15, 0.2) is 0 Å². The molecule has 0 saturated carbocycles. The third-order valence-electron chi connectivity index (χ3n) is 15.1. The number of carbonyl (C=O) groups is 14. The van der Waals surface area contributed by atoms with Gasteiger partial charge in [0.2, 0.25) is 76.8 Å². The number of aliphatic carboxylic acids is 1. The van der Waals surface area contributed by atoms with E-state index < -0.39 is 167 Å². The van der Waals surface area contributed by atoms with Crippen LogP contribution in [-0.4, -0.2) is 212 Å². The fraction of sp³-hybridized carbons (Fsp3) is 0.767. The summed E-state index contributed by atoms with van der Waals surface area (Å²) in [5, 5.41) is 42.6. The summed E-state index contributed by atoms with van der Waals surface area (Å²) < 4.78 is 0. The van der Waals surface area contributed by atoms with Gasteiger partial charge in [0.1, 0.15) is 78.5 Å². The molecule has 0 spiro atoms. The van der Waals surface area contributed by atoms with Crippen molar-refractivity contribution in [3.8, 4) is 0 Å². The molecule has 35 nitrogen and oxygen atoms in total. The van der Waals surface area contributed by atoms with E-state index in [1.807, 2.05) is 0 Å². The van der Waals surface area contributed by atoms with Gasteiger partial charge in [-0.1, -0.05) is 0 Å². The molecule has 0 aliphatic heterocycles. The summed E-state index contributed by atoms with van der Waals surface area (Å²) in [6.07, 6.45) is 5.69. The molecule has 544 valence electrons. The number of amides is 13. The molecule has 14 atom stereocenters. The Morgan fingerprint density at radius 3 is 0.568 bits per heavy atom. The third kappa shape index (κ3) is 36.1. The molecule has 0 bridgehead atoms. The maximum Gasteiger partial charge on any atom is 0.326 e. The third-order valence-corrected chi connectivity index (χ3v) is 15.1. The molecule has 0 aromatic rings. The number of rotatable bonds is 51. The van der Waals surface area contributed by atoms with Gasteiger partial charge in [0.05, 0.1) is 6.04 Å². The highest BCUT2D eigenvalue weighted by Gasteiger charge is 2.35. The van der Waals surface area contributed by atoms with E-state index in [9.17, 15) is 72.2 Å². The molecule has 0 aromatic heterocycles. The van der Waals surface area contributed by atoms with Gasteiger partial charge in [-0.05, 0) is 210 Å². The van der Waals surface area contributed by atoms with E-state index in [0.29, 0.717) is 90.1 Å². The summed E-state index contributed by atoms with van der Waals surface area (Å²) in [5.41, 5.74) is 39.6. The summed E-state index contributed by atoms with van der Waals surface area (Å²) in [7, 11) is 0. The largest absolute Gasteiger partial charge is 0.480 e. The van der Waals surface area contributed by atoms with Crippen molar-refractivity contribution in [3.05, 3.63) is 0 Å². The van der Waals surface area contributed by atoms with Gasteiger partial charge in [-0.25, -0.2) is 4.79 Å². The Balaban J connectivity index is 6.10. The predicted octanol–water partition coefficient (Wildman–Crippen LogP) is -6.37. The molecule has 0 heterocycles. The number of nitrogens with two attached hydrogens (primary N) is 7. The first-order valence-electron chi connectivity index (χ1n) is 33.0. The topological polar surface area (TPSA) is 598 Å². The van der Waals surface area contributed by atoms with E-state index in [-0.39, 0.29) is 64.7 Å². The Hall–Kier alpha value is -7.70. The number of carboxylic acids is 1. The average molecular weight is 1360 g/mol. The first-order valence-corrected chi connectivity index (χ1v) is 33.0. The Morgan fingerprint density at radius 1 is 0.232 bits per heavy atom. The van der Waals surface area contributed by atoms with Gasteiger partial charge in [-0.2, -0.15) is 0 Å². The lowest BCUT2D eigenvalue weighted by molar-refractivity contribution is -0.142. The monoisotopic (exact) mass is 1350 g/mol. The van der Waals surface area contributed by atoms with Gasteiger partial charge in [0, 0.05) is 0 Å². The molecule has 95 heavy (non-hydrogen) atoms. The van der Waals surface area contributed by atoms with E-state index in [1.165, 1.54) is 55.4 Å². The number of hydrogen-bond donors (Lipinski definition) is 21. The molecule has 0 unspecified atom stereocenters. The van der Waals surface area contributed by atoms with Crippen molar-refractivity contribution in [2.45, 2.75) is 256 Å². The second-order valence-electron chi connectivity index (χ2n) is 23.8. The van der Waals surface area contributed by atoms with Crippen LogP contribution in [0.5, 0.6) is 0 Å². The van der Waals surface area contributed by atoms with Crippen LogP contribution in [0.4, 0.5) is 0 Å². The molecular weight excluding hydrogens is 1240 g/mol. The van der Waals surface area contributed by atoms with Crippen LogP contribution in [0.25, 0.3) is 0 Å². The first-order chi connectivity index (χ1) is 44.8. The number of hydrogen-bond acceptors (Lipinski definition) is 21. The molecule has 35 heteroatoms. The maximum atomic E-state index is 14.0. The normalized spacial score (nSPS) is 15.5. The van der Waals surface area contributed by atoms with Crippen LogP contribution in [-0.2, 0) is 67.1 Å². The maximum absolute atomic E-state index is 14.0. The van der Waals surface area contributed by atoms with Gasteiger partial charge >= 0.3 is 5.97 Å². The zero-order chi connectivity index (χ0) is 72.3. The molecule has 0 aliphatic rings. The van der Waals surface area contributed by atoms with Crippen molar-refractivity contribution < 1.29 is 72.2 Å². The van der Waals surface area contributed by atoms with Crippen molar-refractivity contribution in [1.82, 2.24) is 69.1 Å². The Kier molecular flexibility index (Phi) is 45.0. The van der Waals surface area contributed by atoms with Crippen molar-refractivity contribution in [2.24, 2.45) is 40.1 Å². The standard InChI is InChI=1S/C60H114N20O15/c1-33(67)47(81)68-37(5)51(85)76-44(24-12-18-30-64)58(92)78-42(22-10-16-28-62)56(90)73-35(3)49(83)69-38(6)52(86)75-41(21-9-15-27-61)55(89)72-34(2)48(82)70-39(7)53(87)77-45(25-13-19-31-65)59(93)79-43(23-11-17-29-63)57(91)74-36(4)50(84)71-40(8)54(88)80-46(60(94)95)26-14-20-32-66/h33-46H,9-32,61-67H2,1-8H3,(H,68,81)(H,69,83)(H,70,82)(H,71,84)(H,72,89)(H,73,90)(H,74,91)(H,75,86)(H,76,85)(H,77,87)(H,78,92)(H,79,93)(H,80,88)(H,94,95)/t33-,34+,35-,36+,37+,38+,39-,40-,41-,42+,43-,44-,45+,46+/m0/s1. The number of nitrogens with one attached hydrogen (secondary N) is 13. The summed E-state index contributed by atoms with van der Waals surface area (Å²) in [4.78, 5) is 186. The van der Waals surface area contributed by atoms with Crippen LogP contribution in [0, 0.1) is 0 Å². The minimum absolute atomic E-state index is 0.0402. The molecule has 0 saturated heterocycles. The predicted molar refractivity (Wildman–Crippen MR) is 354 cm³/mol. The Labute approximate surface area is 557 Å². The SMILES string of the molecule is C[C@H](N)C(=O)N[C@H](C)C(=O)N[C@@H](CCCCN)C(=O)N[C@H](CCCCN)C(=O)N[C@@H](C)C(=O)N[C@H](C)C(=O)N[C@@H](CCCCN)C(=O)N[C@H](C)C(=O)N[C@@H](C)C(=O)N[C@H](CCCCN)C(=O)N[C@@H](CCCCN)C(=O)N[C@H](C)C(=O)N[C@@H](C)C(=O)N[C@H](CCCCN)C(=O)O. The lowest BCUT2D eigenvalue weighted by atomic mass is 10.0. The fourth-order valence-corrected chi connectivity index (χ4v) is 9.05. The molecule has 0 aliphatic carbocycles. The van der Waals surface area contributed by atoms with E-state index in [4.69, 9.17) is 40.1 Å². The molecule has 0 radical (unpaired) electrons. The summed E-state index contributed by atoms with van der Waals surface area (Å²) in [5.74, 6) is -11.3. The first kappa shape index (κ1) is 87.3. The second-order valence-corrected chi connectivity index (χ2v) is 23.8. The Bertz CT molecular complexity index is 2460. The Morgan fingerprint density at radius 2 is 0.379 bits per heavy atom. The van der Waals surface area contributed by atoms with Crippen molar-refractivity contribution >= 4 is 82.8 Å². The van der Waals surface area contributed by atoms with Gasteiger partial charge in [0.25, 0.3) is 0 Å². The summed E-state index contributed by atoms with van der Waals surface area (Å²) >= 11 is 0. The zero-order valence-electron chi connectivity index (χ0n) is 56.8. The molecule has 28 N–H and O–H groups in total. The highest BCUT2D eigenvalue weighted by Crippen LogP contribution is 2.11. The molecule has 0 rings (SSSR count). The summed E-state index contributed by atoms with van der Waals surface area (Å²) in [6, 6.07) is -17.0. The smallest absolute Gasteiger partial charge is 0.326 e. The highest BCUT2D eigenvalue weighted by atomic mass is 16.4. The van der Waals surface area contributed by atoms with Crippen molar-refractivity contribution in [2.75, 3.05) is 39.3 Å². The van der Waals surface area contributed by atoms with E-state index in [1.54, 1.807) is 0 Å². The number of carbonyl (C=O) groups excluding carboxylic acids is 13. The van der Waals surface area contributed by atoms with Gasteiger partial charge in [-0.3, -0.25) is 62.3 Å². The average Bonchev–Trinajstić information content (AvgIpc) is 1.25. The van der Waals surface area contributed by atoms with Crippen molar-refractivity contribution in [3.63, 3.8) is 0 Å². The highest BCUT2D eigenvalue weighted by molar-refractivity contribution is 5.99. The lowest BCUT2D eigenvalue weighted by Gasteiger charge is -2.26. The van der Waals surface area contributed by atoms with Crippen molar-refractivity contribution in [1.29, 1.82) is 0 Å². The van der Waals surface area contributed by atoms with E-state index in [2.05, 4.69) is 69.1 Å². The van der Waals surface area contributed by atoms with E-state index >= 15 is 0 Å². The molecule has 13 amide bonds. The van der Waals surface area contributed by atoms with Crippen LogP contribution < -0.4 is 109 Å². The molecule has 0 aromatic carbocycles. The number of carboxylic acid groups (broad SMARTS) is 1. The summed E-state index contributed by atoms with van der Waals surface area (Å²) in [6.45, 7) is 12.5. The van der Waals surface area contributed by atoms with Crippen LogP contribution in [0.3, 0.4) is 0 Å². The van der Waals surface area contributed by atoms with Crippen LogP contribution in [0.1, 0.15) is 171 Å². The van der Waals surface area contributed by atoms with Crippen LogP contribution in [0.2, 0.25) is 0 Å². The zero-order valence-corrected chi connectivity index (χ0v) is 56.8.